The van der Waals surface area contributed by atoms with Crippen LogP contribution in [0.1, 0.15) is 39.5 Å². The molecule has 0 bridgehead atoms. The summed E-state index contributed by atoms with van der Waals surface area (Å²) in [6, 6.07) is 2.64. The van der Waals surface area contributed by atoms with Crippen molar-refractivity contribution in [3.8, 4) is 0 Å². The second-order valence-corrected chi connectivity index (χ2v) is 9.06. The zero-order valence-electron chi connectivity index (χ0n) is 13.6. The van der Waals surface area contributed by atoms with Crippen LogP contribution in [0.25, 0.3) is 0 Å². The third-order valence-corrected chi connectivity index (χ3v) is 7.87. The van der Waals surface area contributed by atoms with Crippen molar-refractivity contribution >= 4 is 27.3 Å². The highest BCUT2D eigenvalue weighted by molar-refractivity contribution is 7.91. The van der Waals surface area contributed by atoms with E-state index in [-0.39, 0.29) is 10.1 Å². The molecule has 1 atom stereocenters. The molecule has 0 radical (unpaired) electrons. The van der Waals surface area contributed by atoms with Gasteiger partial charge < -0.3 is 11.1 Å². The Hall–Kier alpha value is -0.960. The van der Waals surface area contributed by atoms with Crippen LogP contribution in [0.5, 0.6) is 0 Å². The number of sulfonamides is 1. The Labute approximate surface area is 142 Å². The normalized spacial score (nSPS) is 19.9. The molecule has 1 aliphatic rings. The van der Waals surface area contributed by atoms with Gasteiger partial charge in [0.05, 0.1) is 0 Å². The van der Waals surface area contributed by atoms with Gasteiger partial charge in [0.1, 0.15) is 10.3 Å². The van der Waals surface area contributed by atoms with Crippen molar-refractivity contribution in [1.82, 2.24) is 9.62 Å². The molecule has 0 spiro atoms. The Balaban J connectivity index is 2.08. The Morgan fingerprint density at radius 2 is 2.17 bits per heavy atom. The smallest absolute Gasteiger partial charge is 0.253 e. The van der Waals surface area contributed by atoms with Gasteiger partial charge in [0, 0.05) is 18.6 Å². The molecule has 8 heteroatoms. The van der Waals surface area contributed by atoms with Crippen molar-refractivity contribution in [3.05, 3.63) is 17.5 Å². The number of carbonyl (C=O) groups is 1. The molecule has 0 aromatic carbocycles. The van der Waals surface area contributed by atoms with Gasteiger partial charge >= 0.3 is 0 Å². The number of hydrogen-bond donors (Lipinski definition) is 2. The lowest BCUT2D eigenvalue weighted by Gasteiger charge is -2.29. The maximum Gasteiger partial charge on any atom is 0.253 e. The molecule has 23 heavy (non-hydrogen) atoms. The van der Waals surface area contributed by atoms with Gasteiger partial charge in [-0.1, -0.05) is 19.9 Å². The summed E-state index contributed by atoms with van der Waals surface area (Å²) in [6.45, 7) is 4.72. The Kier molecular flexibility index (Phi) is 5.83. The van der Waals surface area contributed by atoms with E-state index in [9.17, 15) is 13.2 Å². The topological polar surface area (TPSA) is 92.5 Å². The number of nitrogens with one attached hydrogen (secondary N) is 1. The molecule has 1 unspecified atom stereocenters. The standard InChI is InChI=1S/C15H25N3O3S2/c1-3-15(16,4-2)11-17-14(19)12-7-5-9-18(12)23(20,21)13-8-6-10-22-13/h6,8,10,12H,3-5,7,9,11,16H2,1-2H3,(H,17,19). The highest BCUT2D eigenvalue weighted by atomic mass is 32.2. The van der Waals surface area contributed by atoms with Crippen molar-refractivity contribution in [2.24, 2.45) is 5.73 Å². The molecule has 130 valence electrons. The molecular weight excluding hydrogens is 334 g/mol. The van der Waals surface area contributed by atoms with Crippen LogP contribution >= 0.6 is 11.3 Å². The number of amides is 1. The number of nitrogens with two attached hydrogens (primary N) is 1. The number of hydrogen-bond acceptors (Lipinski definition) is 5. The molecule has 2 heterocycles. The van der Waals surface area contributed by atoms with Crippen LogP contribution in [0, 0.1) is 0 Å². The van der Waals surface area contributed by atoms with Gasteiger partial charge in [-0.05, 0) is 37.1 Å². The summed E-state index contributed by atoms with van der Waals surface area (Å²) in [5.41, 5.74) is 5.76. The minimum absolute atomic E-state index is 0.251. The maximum absolute atomic E-state index is 12.7. The van der Waals surface area contributed by atoms with Crippen LogP contribution in [-0.4, -0.2) is 43.3 Å². The molecule has 6 nitrogen and oxygen atoms in total. The van der Waals surface area contributed by atoms with E-state index in [1.54, 1.807) is 17.5 Å². The van der Waals surface area contributed by atoms with Gasteiger partial charge in [-0.3, -0.25) is 4.79 Å². The molecule has 1 saturated heterocycles. The fourth-order valence-corrected chi connectivity index (χ4v) is 5.47. The number of carbonyl (C=O) groups excluding carboxylic acids is 1. The minimum atomic E-state index is -3.59. The summed E-state index contributed by atoms with van der Waals surface area (Å²) in [7, 11) is -3.59. The van der Waals surface area contributed by atoms with Crippen molar-refractivity contribution in [2.45, 2.75) is 55.3 Å². The fourth-order valence-electron chi connectivity index (χ4n) is 2.70. The first-order chi connectivity index (χ1) is 10.8. The molecule has 1 aromatic heterocycles. The Morgan fingerprint density at radius 1 is 1.48 bits per heavy atom. The second-order valence-electron chi connectivity index (χ2n) is 5.99. The maximum atomic E-state index is 12.7. The van der Waals surface area contributed by atoms with Crippen LogP contribution in [0.3, 0.4) is 0 Å². The van der Waals surface area contributed by atoms with E-state index < -0.39 is 21.6 Å². The predicted octanol–water partition coefficient (Wildman–Crippen LogP) is 1.53. The summed E-state index contributed by atoms with van der Waals surface area (Å²) in [5.74, 6) is -0.251. The molecule has 0 aliphatic carbocycles. The lowest BCUT2D eigenvalue weighted by molar-refractivity contribution is -0.124. The molecule has 1 fully saturated rings. The molecule has 2 rings (SSSR count). The lowest BCUT2D eigenvalue weighted by Crippen LogP contribution is -2.53. The van der Waals surface area contributed by atoms with E-state index >= 15 is 0 Å². The van der Waals surface area contributed by atoms with Crippen LogP contribution < -0.4 is 11.1 Å². The molecule has 1 aliphatic heterocycles. The molecular formula is C15H25N3O3S2. The minimum Gasteiger partial charge on any atom is -0.353 e. The van der Waals surface area contributed by atoms with Gasteiger partial charge in [0.15, 0.2) is 0 Å². The first kappa shape index (κ1) is 18.4. The molecule has 1 aromatic rings. The molecule has 3 N–H and O–H groups in total. The average Bonchev–Trinajstić information content (AvgIpc) is 3.23. The van der Waals surface area contributed by atoms with Crippen LogP contribution in [0.15, 0.2) is 21.7 Å². The van der Waals surface area contributed by atoms with Gasteiger partial charge in [-0.15, -0.1) is 11.3 Å². The quantitative estimate of drug-likeness (QED) is 0.772. The lowest BCUT2D eigenvalue weighted by atomic mass is 9.94. The third kappa shape index (κ3) is 3.93. The summed E-state index contributed by atoms with van der Waals surface area (Å²) in [5, 5.41) is 4.57. The van der Waals surface area contributed by atoms with Crippen LogP contribution in [0.2, 0.25) is 0 Å². The number of nitrogens with zero attached hydrogens (tertiary/aromatic N) is 1. The largest absolute Gasteiger partial charge is 0.353 e. The molecule has 0 saturated carbocycles. The Bertz CT molecular complexity index is 624. The summed E-state index contributed by atoms with van der Waals surface area (Å²) < 4.78 is 26.9. The summed E-state index contributed by atoms with van der Waals surface area (Å²) in [4.78, 5) is 12.5. The first-order valence-electron chi connectivity index (χ1n) is 7.96. The van der Waals surface area contributed by atoms with E-state index in [0.717, 1.165) is 12.8 Å². The third-order valence-electron chi connectivity index (χ3n) is 4.59. The number of thiophene rings is 1. The zero-order valence-corrected chi connectivity index (χ0v) is 15.3. The van der Waals surface area contributed by atoms with E-state index in [1.165, 1.54) is 15.6 Å². The number of rotatable bonds is 7. The van der Waals surface area contributed by atoms with Crippen molar-refractivity contribution in [2.75, 3.05) is 13.1 Å². The Morgan fingerprint density at radius 3 is 2.74 bits per heavy atom. The van der Waals surface area contributed by atoms with Crippen molar-refractivity contribution in [3.63, 3.8) is 0 Å². The first-order valence-corrected chi connectivity index (χ1v) is 10.3. The van der Waals surface area contributed by atoms with Crippen LogP contribution in [-0.2, 0) is 14.8 Å². The van der Waals surface area contributed by atoms with E-state index in [0.29, 0.717) is 25.9 Å². The van der Waals surface area contributed by atoms with Gasteiger partial charge in [0.25, 0.3) is 10.0 Å². The van der Waals surface area contributed by atoms with Gasteiger partial charge in [-0.2, -0.15) is 4.31 Å². The monoisotopic (exact) mass is 359 g/mol. The van der Waals surface area contributed by atoms with Gasteiger partial charge in [0.2, 0.25) is 5.91 Å². The fraction of sp³-hybridized carbons (Fsp3) is 0.667. The van der Waals surface area contributed by atoms with Crippen LogP contribution in [0.4, 0.5) is 0 Å². The zero-order chi connectivity index (χ0) is 17.1. The average molecular weight is 360 g/mol. The van der Waals surface area contributed by atoms with Crippen molar-refractivity contribution < 1.29 is 13.2 Å². The second kappa shape index (κ2) is 7.29. The summed E-state index contributed by atoms with van der Waals surface area (Å²) >= 11 is 1.17. The van der Waals surface area contributed by atoms with Gasteiger partial charge in [-0.25, -0.2) is 8.42 Å². The van der Waals surface area contributed by atoms with E-state index in [1.807, 2.05) is 13.8 Å². The highest BCUT2D eigenvalue weighted by Crippen LogP contribution is 2.28. The highest BCUT2D eigenvalue weighted by Gasteiger charge is 2.40. The predicted molar refractivity (Wildman–Crippen MR) is 91.7 cm³/mol. The summed E-state index contributed by atoms with van der Waals surface area (Å²) in [6.07, 6.45) is 2.75. The SMILES string of the molecule is CCC(N)(CC)CNC(=O)C1CCCN1S(=O)(=O)c1cccs1. The van der Waals surface area contributed by atoms with E-state index in [2.05, 4.69) is 5.32 Å². The molecule has 1 amide bonds. The van der Waals surface area contributed by atoms with Crippen molar-refractivity contribution in [1.29, 1.82) is 0 Å². The van der Waals surface area contributed by atoms with E-state index in [4.69, 9.17) is 5.73 Å².